The lowest BCUT2D eigenvalue weighted by Crippen LogP contribution is -2.24. The Morgan fingerprint density at radius 2 is 2.29 bits per heavy atom. The molecule has 17 heavy (non-hydrogen) atoms. The average molecular weight is 292 g/mol. The minimum Gasteiger partial charge on any atom is -0.314 e. The highest BCUT2D eigenvalue weighted by Gasteiger charge is 2.16. The number of para-hydroxylation sites is 1. The molecule has 1 unspecified atom stereocenters. The van der Waals surface area contributed by atoms with E-state index < -0.39 is 0 Å². The summed E-state index contributed by atoms with van der Waals surface area (Å²) in [5.74, 6) is 0. The molecule has 0 saturated carbocycles. The number of fused-ring (bicyclic) bond motifs is 1. The molecule has 1 fully saturated rings. The lowest BCUT2D eigenvalue weighted by atomic mass is 10.1. The van der Waals surface area contributed by atoms with Gasteiger partial charge in [-0.1, -0.05) is 12.1 Å². The molecule has 1 aromatic carbocycles. The highest BCUT2D eigenvalue weighted by atomic mass is 79.9. The normalized spacial score (nSPS) is 19.9. The Balaban J connectivity index is 2.01. The minimum atomic E-state index is 0.576. The minimum absolute atomic E-state index is 0.576. The van der Waals surface area contributed by atoms with Crippen LogP contribution in [0.2, 0.25) is 0 Å². The standard InChI is InChI=1S/C13H14BrN3/c14-11-5-1-4-10-12(16-8-17-13(10)11)7-9-3-2-6-15-9/h1,4-5,8-9,15H,2-3,6-7H2. The van der Waals surface area contributed by atoms with Crippen molar-refractivity contribution in [1.82, 2.24) is 15.3 Å². The Kier molecular flexibility index (Phi) is 3.07. The first-order valence-corrected chi connectivity index (χ1v) is 6.75. The highest BCUT2D eigenvalue weighted by Crippen LogP contribution is 2.24. The largest absolute Gasteiger partial charge is 0.314 e. The van der Waals surface area contributed by atoms with E-state index in [4.69, 9.17) is 0 Å². The molecule has 0 radical (unpaired) electrons. The molecule has 0 bridgehead atoms. The predicted octanol–water partition coefficient (Wildman–Crippen LogP) is 2.69. The molecule has 2 aromatic rings. The Morgan fingerprint density at radius 1 is 1.35 bits per heavy atom. The molecular formula is C13H14BrN3. The molecule has 0 spiro atoms. The third-order valence-corrected chi connectivity index (χ3v) is 3.94. The van der Waals surface area contributed by atoms with E-state index in [-0.39, 0.29) is 0 Å². The summed E-state index contributed by atoms with van der Waals surface area (Å²) in [7, 11) is 0. The summed E-state index contributed by atoms with van der Waals surface area (Å²) in [6.45, 7) is 1.14. The summed E-state index contributed by atoms with van der Waals surface area (Å²) in [6, 6.07) is 6.74. The third-order valence-electron chi connectivity index (χ3n) is 3.30. The van der Waals surface area contributed by atoms with Crippen LogP contribution in [-0.4, -0.2) is 22.6 Å². The van der Waals surface area contributed by atoms with Crippen molar-refractivity contribution in [2.45, 2.75) is 25.3 Å². The molecule has 1 N–H and O–H groups in total. The molecule has 1 atom stereocenters. The van der Waals surface area contributed by atoms with Gasteiger partial charge in [0.2, 0.25) is 0 Å². The van der Waals surface area contributed by atoms with Crippen molar-refractivity contribution in [3.63, 3.8) is 0 Å². The van der Waals surface area contributed by atoms with Gasteiger partial charge in [-0.15, -0.1) is 0 Å². The maximum Gasteiger partial charge on any atom is 0.116 e. The summed E-state index contributed by atoms with van der Waals surface area (Å²) in [4.78, 5) is 8.78. The molecule has 1 saturated heterocycles. The summed E-state index contributed by atoms with van der Waals surface area (Å²) >= 11 is 3.54. The van der Waals surface area contributed by atoms with Gasteiger partial charge in [0.1, 0.15) is 6.33 Å². The van der Waals surface area contributed by atoms with Crippen molar-refractivity contribution >= 4 is 26.8 Å². The van der Waals surface area contributed by atoms with E-state index >= 15 is 0 Å². The third kappa shape index (κ3) is 2.19. The summed E-state index contributed by atoms with van der Waals surface area (Å²) in [5, 5.41) is 4.67. The van der Waals surface area contributed by atoms with Gasteiger partial charge in [0.05, 0.1) is 11.2 Å². The lowest BCUT2D eigenvalue weighted by molar-refractivity contribution is 0.597. The zero-order chi connectivity index (χ0) is 11.7. The van der Waals surface area contributed by atoms with E-state index in [1.807, 2.05) is 12.1 Å². The van der Waals surface area contributed by atoms with Crippen LogP contribution in [0.4, 0.5) is 0 Å². The topological polar surface area (TPSA) is 37.8 Å². The van der Waals surface area contributed by atoms with Crippen LogP contribution in [0, 0.1) is 0 Å². The van der Waals surface area contributed by atoms with Crippen molar-refractivity contribution in [1.29, 1.82) is 0 Å². The quantitative estimate of drug-likeness (QED) is 0.924. The van der Waals surface area contributed by atoms with Crippen LogP contribution in [0.5, 0.6) is 0 Å². The van der Waals surface area contributed by atoms with Crippen LogP contribution >= 0.6 is 15.9 Å². The number of halogens is 1. The lowest BCUT2D eigenvalue weighted by Gasteiger charge is -2.11. The van der Waals surface area contributed by atoms with Crippen molar-refractivity contribution in [2.75, 3.05) is 6.54 Å². The summed E-state index contributed by atoms with van der Waals surface area (Å²) in [6.07, 6.45) is 5.18. The first kappa shape index (κ1) is 11.1. The molecule has 0 aliphatic carbocycles. The predicted molar refractivity (Wildman–Crippen MR) is 72.0 cm³/mol. The van der Waals surface area contributed by atoms with Gasteiger partial charge in [-0.25, -0.2) is 9.97 Å². The molecule has 1 aliphatic heterocycles. The van der Waals surface area contributed by atoms with Gasteiger partial charge in [0.25, 0.3) is 0 Å². The molecule has 2 heterocycles. The zero-order valence-electron chi connectivity index (χ0n) is 9.49. The highest BCUT2D eigenvalue weighted by molar-refractivity contribution is 9.10. The van der Waals surface area contributed by atoms with Crippen LogP contribution in [0.3, 0.4) is 0 Å². The molecule has 88 valence electrons. The Hall–Kier alpha value is -1.00. The van der Waals surface area contributed by atoms with Crippen LogP contribution in [0.1, 0.15) is 18.5 Å². The number of nitrogens with zero attached hydrogens (tertiary/aromatic N) is 2. The molecule has 1 aliphatic rings. The smallest absolute Gasteiger partial charge is 0.116 e. The summed E-state index contributed by atoms with van der Waals surface area (Å²) in [5.41, 5.74) is 2.16. The van der Waals surface area contributed by atoms with Gasteiger partial charge in [-0.2, -0.15) is 0 Å². The second-order valence-corrected chi connectivity index (χ2v) is 5.31. The Labute approximate surface area is 109 Å². The van der Waals surface area contributed by atoms with Crippen LogP contribution in [0.25, 0.3) is 10.9 Å². The van der Waals surface area contributed by atoms with E-state index in [0.717, 1.165) is 34.0 Å². The van der Waals surface area contributed by atoms with E-state index in [2.05, 4.69) is 37.3 Å². The van der Waals surface area contributed by atoms with Gasteiger partial charge >= 0.3 is 0 Å². The Bertz CT molecular complexity index is 535. The second kappa shape index (κ2) is 4.70. The van der Waals surface area contributed by atoms with Crippen molar-refractivity contribution in [3.8, 4) is 0 Å². The fourth-order valence-electron chi connectivity index (χ4n) is 2.43. The average Bonchev–Trinajstić information content (AvgIpc) is 2.83. The van der Waals surface area contributed by atoms with Gasteiger partial charge in [-0.3, -0.25) is 0 Å². The Morgan fingerprint density at radius 3 is 3.12 bits per heavy atom. The van der Waals surface area contributed by atoms with E-state index in [0.29, 0.717) is 6.04 Å². The fraction of sp³-hybridized carbons (Fsp3) is 0.385. The number of hydrogen-bond donors (Lipinski definition) is 1. The molecular weight excluding hydrogens is 278 g/mol. The van der Waals surface area contributed by atoms with Gasteiger partial charge in [0, 0.05) is 22.3 Å². The fourth-order valence-corrected chi connectivity index (χ4v) is 2.90. The number of nitrogens with one attached hydrogen (secondary N) is 1. The molecule has 3 nitrogen and oxygen atoms in total. The number of aromatic nitrogens is 2. The van der Waals surface area contributed by atoms with E-state index in [9.17, 15) is 0 Å². The second-order valence-electron chi connectivity index (χ2n) is 4.45. The number of hydrogen-bond acceptors (Lipinski definition) is 3. The van der Waals surface area contributed by atoms with Gasteiger partial charge in [0.15, 0.2) is 0 Å². The molecule has 4 heteroatoms. The van der Waals surface area contributed by atoms with E-state index in [1.54, 1.807) is 6.33 Å². The monoisotopic (exact) mass is 291 g/mol. The first-order valence-electron chi connectivity index (χ1n) is 5.96. The van der Waals surface area contributed by atoms with E-state index in [1.165, 1.54) is 12.8 Å². The van der Waals surface area contributed by atoms with Crippen molar-refractivity contribution in [3.05, 3.63) is 34.7 Å². The SMILES string of the molecule is Brc1cccc2c(CC3CCCN3)ncnc12. The van der Waals surface area contributed by atoms with Crippen LogP contribution in [-0.2, 0) is 6.42 Å². The first-order chi connectivity index (χ1) is 8.34. The van der Waals surface area contributed by atoms with Crippen LogP contribution < -0.4 is 5.32 Å². The zero-order valence-corrected chi connectivity index (χ0v) is 11.1. The number of rotatable bonds is 2. The molecule has 3 rings (SSSR count). The summed E-state index contributed by atoms with van der Waals surface area (Å²) < 4.78 is 1.04. The maximum absolute atomic E-state index is 4.44. The van der Waals surface area contributed by atoms with Crippen LogP contribution in [0.15, 0.2) is 29.0 Å². The molecule has 0 amide bonds. The molecule has 1 aromatic heterocycles. The van der Waals surface area contributed by atoms with Gasteiger partial charge in [-0.05, 0) is 41.4 Å². The van der Waals surface area contributed by atoms with Crippen molar-refractivity contribution < 1.29 is 0 Å². The van der Waals surface area contributed by atoms with Gasteiger partial charge < -0.3 is 5.32 Å². The van der Waals surface area contributed by atoms with Crippen molar-refractivity contribution in [2.24, 2.45) is 0 Å². The maximum atomic E-state index is 4.44. The number of benzene rings is 1.